The summed E-state index contributed by atoms with van der Waals surface area (Å²) in [4.78, 5) is 12.4. The number of nitrogens with one attached hydrogen (secondary N) is 2. The SMILES string of the molecule is CCOc1ccccc1NC(=O)NCC12CC3CC(CC(C3)C1)C2. The molecular formula is C20H28N2O2. The Morgan fingerprint density at radius 2 is 1.75 bits per heavy atom. The predicted octanol–water partition coefficient (Wildman–Crippen LogP) is 4.42. The average Bonchev–Trinajstić information content (AvgIpc) is 2.54. The van der Waals surface area contributed by atoms with E-state index < -0.39 is 0 Å². The smallest absolute Gasteiger partial charge is 0.319 e. The number of amides is 2. The molecule has 24 heavy (non-hydrogen) atoms. The summed E-state index contributed by atoms with van der Waals surface area (Å²) in [7, 11) is 0. The number of carbonyl (C=O) groups is 1. The van der Waals surface area contributed by atoms with Gasteiger partial charge in [-0.3, -0.25) is 0 Å². The minimum absolute atomic E-state index is 0.113. The Hall–Kier alpha value is -1.71. The van der Waals surface area contributed by atoms with Crippen molar-refractivity contribution >= 4 is 11.7 Å². The van der Waals surface area contributed by atoms with Gasteiger partial charge in [0.05, 0.1) is 12.3 Å². The number of urea groups is 1. The highest BCUT2D eigenvalue weighted by atomic mass is 16.5. The van der Waals surface area contributed by atoms with Crippen molar-refractivity contribution in [3.63, 3.8) is 0 Å². The van der Waals surface area contributed by atoms with Crippen LogP contribution in [0.25, 0.3) is 0 Å². The molecule has 0 heterocycles. The minimum Gasteiger partial charge on any atom is -0.492 e. The van der Waals surface area contributed by atoms with E-state index in [1.54, 1.807) is 0 Å². The molecule has 0 unspecified atom stereocenters. The Morgan fingerprint density at radius 1 is 1.12 bits per heavy atom. The van der Waals surface area contributed by atoms with Crippen molar-refractivity contribution < 1.29 is 9.53 Å². The van der Waals surface area contributed by atoms with Crippen LogP contribution in [0.2, 0.25) is 0 Å². The van der Waals surface area contributed by atoms with Crippen molar-refractivity contribution in [2.45, 2.75) is 45.4 Å². The van der Waals surface area contributed by atoms with Crippen LogP contribution in [0.5, 0.6) is 5.75 Å². The molecular weight excluding hydrogens is 300 g/mol. The molecule has 4 aliphatic rings. The first kappa shape index (κ1) is 15.8. The molecule has 0 atom stereocenters. The van der Waals surface area contributed by atoms with Crippen LogP contribution in [-0.4, -0.2) is 19.2 Å². The molecule has 0 aromatic heterocycles. The Balaban J connectivity index is 1.36. The van der Waals surface area contributed by atoms with Gasteiger partial charge in [0, 0.05) is 6.54 Å². The monoisotopic (exact) mass is 328 g/mol. The van der Waals surface area contributed by atoms with Gasteiger partial charge in [-0.1, -0.05) is 12.1 Å². The van der Waals surface area contributed by atoms with Crippen LogP contribution < -0.4 is 15.4 Å². The molecule has 4 bridgehead atoms. The zero-order valence-corrected chi connectivity index (χ0v) is 14.5. The van der Waals surface area contributed by atoms with Gasteiger partial charge in [0.25, 0.3) is 0 Å². The summed E-state index contributed by atoms with van der Waals surface area (Å²) in [5, 5.41) is 6.10. The normalized spacial score (nSPS) is 33.3. The van der Waals surface area contributed by atoms with E-state index in [2.05, 4.69) is 10.6 Å². The number of hydrogen-bond acceptors (Lipinski definition) is 2. The number of benzene rings is 1. The van der Waals surface area contributed by atoms with E-state index in [1.807, 2.05) is 31.2 Å². The number of hydrogen-bond donors (Lipinski definition) is 2. The molecule has 0 saturated heterocycles. The summed E-state index contributed by atoms with van der Waals surface area (Å²) in [5.74, 6) is 3.48. The van der Waals surface area contributed by atoms with Crippen molar-refractivity contribution in [2.24, 2.45) is 23.2 Å². The first-order valence-corrected chi connectivity index (χ1v) is 9.42. The number of anilines is 1. The van der Waals surface area contributed by atoms with Crippen LogP contribution in [0.15, 0.2) is 24.3 Å². The largest absolute Gasteiger partial charge is 0.492 e. The quantitative estimate of drug-likeness (QED) is 0.840. The standard InChI is InChI=1S/C20H28N2O2/c1-2-24-18-6-4-3-5-17(18)22-19(23)21-13-20-10-14-7-15(11-20)9-16(8-14)12-20/h3-6,14-16H,2,7-13H2,1H3,(H2,21,22,23). The van der Waals surface area contributed by atoms with Gasteiger partial charge in [0.1, 0.15) is 5.75 Å². The van der Waals surface area contributed by atoms with Gasteiger partial charge in [0.15, 0.2) is 0 Å². The molecule has 130 valence electrons. The van der Waals surface area contributed by atoms with Crippen LogP contribution in [0, 0.1) is 23.2 Å². The van der Waals surface area contributed by atoms with Crippen LogP contribution in [0.4, 0.5) is 10.5 Å². The molecule has 2 amide bonds. The molecule has 4 heteroatoms. The lowest BCUT2D eigenvalue weighted by atomic mass is 9.49. The molecule has 4 nitrogen and oxygen atoms in total. The summed E-state index contributed by atoms with van der Waals surface area (Å²) in [6.45, 7) is 3.36. The first-order chi connectivity index (χ1) is 11.7. The molecule has 5 rings (SSSR count). The first-order valence-electron chi connectivity index (χ1n) is 9.42. The summed E-state index contributed by atoms with van der Waals surface area (Å²) in [6.07, 6.45) is 8.26. The van der Waals surface area contributed by atoms with E-state index in [4.69, 9.17) is 4.74 Å². The number of ether oxygens (including phenoxy) is 1. The number of carbonyl (C=O) groups excluding carboxylic acids is 1. The van der Waals surface area contributed by atoms with Crippen LogP contribution in [-0.2, 0) is 0 Å². The van der Waals surface area contributed by atoms with E-state index in [0.29, 0.717) is 12.0 Å². The van der Waals surface area contributed by atoms with E-state index in [0.717, 1.165) is 35.7 Å². The maximum atomic E-state index is 12.4. The molecule has 4 aliphatic carbocycles. The molecule has 4 saturated carbocycles. The maximum absolute atomic E-state index is 12.4. The lowest BCUT2D eigenvalue weighted by Gasteiger charge is -2.56. The van der Waals surface area contributed by atoms with E-state index in [9.17, 15) is 4.79 Å². The summed E-state index contributed by atoms with van der Waals surface area (Å²) in [6, 6.07) is 7.49. The fourth-order valence-corrected chi connectivity index (χ4v) is 5.79. The van der Waals surface area contributed by atoms with Crippen LogP contribution in [0.1, 0.15) is 45.4 Å². The Morgan fingerprint density at radius 3 is 2.38 bits per heavy atom. The van der Waals surface area contributed by atoms with E-state index >= 15 is 0 Å². The van der Waals surface area contributed by atoms with Gasteiger partial charge < -0.3 is 15.4 Å². The minimum atomic E-state index is -0.113. The highest BCUT2D eigenvalue weighted by Gasteiger charge is 2.50. The zero-order valence-electron chi connectivity index (χ0n) is 14.5. The van der Waals surface area contributed by atoms with E-state index in [1.165, 1.54) is 38.5 Å². The fraction of sp³-hybridized carbons (Fsp3) is 0.650. The Kier molecular flexibility index (Phi) is 4.15. The Labute approximate surface area is 144 Å². The van der Waals surface area contributed by atoms with Crippen LogP contribution >= 0.6 is 0 Å². The van der Waals surface area contributed by atoms with Gasteiger partial charge >= 0.3 is 6.03 Å². The van der Waals surface area contributed by atoms with Crippen molar-refractivity contribution in [3.8, 4) is 5.75 Å². The lowest BCUT2D eigenvalue weighted by molar-refractivity contribution is -0.0496. The van der Waals surface area contributed by atoms with Gasteiger partial charge in [-0.15, -0.1) is 0 Å². The Bertz CT molecular complexity index is 578. The molecule has 1 aromatic rings. The highest BCUT2D eigenvalue weighted by Crippen LogP contribution is 2.59. The molecule has 0 spiro atoms. The van der Waals surface area contributed by atoms with Crippen LogP contribution in [0.3, 0.4) is 0 Å². The third kappa shape index (κ3) is 3.11. The average molecular weight is 328 g/mol. The second-order valence-electron chi connectivity index (χ2n) is 8.15. The zero-order chi connectivity index (χ0) is 16.6. The molecule has 0 aliphatic heterocycles. The molecule has 2 N–H and O–H groups in total. The number of para-hydroxylation sites is 2. The third-order valence-electron chi connectivity index (χ3n) is 6.22. The molecule has 4 fully saturated rings. The third-order valence-corrected chi connectivity index (χ3v) is 6.22. The molecule has 1 aromatic carbocycles. The summed E-state index contributed by atoms with van der Waals surface area (Å²) >= 11 is 0. The fourth-order valence-electron chi connectivity index (χ4n) is 5.79. The van der Waals surface area contributed by atoms with Crippen molar-refractivity contribution in [3.05, 3.63) is 24.3 Å². The topological polar surface area (TPSA) is 50.4 Å². The second-order valence-corrected chi connectivity index (χ2v) is 8.15. The van der Waals surface area contributed by atoms with Gasteiger partial charge in [-0.05, 0) is 80.8 Å². The van der Waals surface area contributed by atoms with Gasteiger partial charge in [-0.25, -0.2) is 4.79 Å². The highest BCUT2D eigenvalue weighted by molar-refractivity contribution is 5.90. The van der Waals surface area contributed by atoms with Crippen molar-refractivity contribution in [1.82, 2.24) is 5.32 Å². The second kappa shape index (κ2) is 6.30. The van der Waals surface area contributed by atoms with Gasteiger partial charge in [0.2, 0.25) is 0 Å². The maximum Gasteiger partial charge on any atom is 0.319 e. The van der Waals surface area contributed by atoms with Crippen molar-refractivity contribution in [2.75, 3.05) is 18.5 Å². The van der Waals surface area contributed by atoms with Gasteiger partial charge in [-0.2, -0.15) is 0 Å². The predicted molar refractivity (Wildman–Crippen MR) is 95.2 cm³/mol. The lowest BCUT2D eigenvalue weighted by Crippen LogP contribution is -2.51. The van der Waals surface area contributed by atoms with E-state index in [-0.39, 0.29) is 6.03 Å². The molecule has 0 radical (unpaired) electrons. The summed E-state index contributed by atoms with van der Waals surface area (Å²) < 4.78 is 5.57. The number of rotatable bonds is 5. The van der Waals surface area contributed by atoms with Crippen molar-refractivity contribution in [1.29, 1.82) is 0 Å². The summed E-state index contributed by atoms with van der Waals surface area (Å²) in [5.41, 5.74) is 1.10.